The normalized spacial score (nSPS) is 12.2. The Morgan fingerprint density at radius 3 is 2.53 bits per heavy atom. The average Bonchev–Trinajstić information content (AvgIpc) is 2.34. The first-order valence-electron chi connectivity index (χ1n) is 5.59. The van der Waals surface area contributed by atoms with Gasteiger partial charge in [0.1, 0.15) is 0 Å². The van der Waals surface area contributed by atoms with E-state index >= 15 is 0 Å². The Labute approximate surface area is 110 Å². The maximum Gasteiger partial charge on any atom is 0.0486 e. The van der Waals surface area contributed by atoms with Gasteiger partial charge in [-0.25, -0.2) is 0 Å². The van der Waals surface area contributed by atoms with Crippen molar-refractivity contribution in [3.8, 4) is 0 Å². The van der Waals surface area contributed by atoms with Crippen molar-refractivity contribution in [2.75, 3.05) is 5.32 Å². The fraction of sp³-hybridized carbons (Fsp3) is 0.214. The standard InChI is InChI=1S/C14H15BrN2/c1-10-9-13(15)3-4-14(10)17-11(2)12-5-7-16-8-6-12/h3-9,11,17H,1-2H3. The highest BCUT2D eigenvalue weighted by Gasteiger charge is 2.06. The molecule has 0 fully saturated rings. The molecule has 0 amide bonds. The molecule has 1 aromatic heterocycles. The molecule has 2 rings (SSSR count). The molecule has 1 atom stereocenters. The van der Waals surface area contributed by atoms with Crippen molar-refractivity contribution in [3.05, 3.63) is 58.3 Å². The Kier molecular flexibility index (Phi) is 3.79. The fourth-order valence-electron chi connectivity index (χ4n) is 1.76. The number of aromatic nitrogens is 1. The number of hydrogen-bond donors (Lipinski definition) is 1. The molecule has 2 aromatic rings. The van der Waals surface area contributed by atoms with E-state index in [1.807, 2.05) is 24.5 Å². The number of benzene rings is 1. The zero-order valence-electron chi connectivity index (χ0n) is 9.94. The van der Waals surface area contributed by atoms with E-state index in [1.54, 1.807) is 0 Å². The summed E-state index contributed by atoms with van der Waals surface area (Å²) >= 11 is 3.47. The number of pyridine rings is 1. The van der Waals surface area contributed by atoms with Crippen LogP contribution in [0.3, 0.4) is 0 Å². The second kappa shape index (κ2) is 5.32. The molecular formula is C14H15BrN2. The summed E-state index contributed by atoms with van der Waals surface area (Å²) in [5.74, 6) is 0. The molecule has 1 heterocycles. The van der Waals surface area contributed by atoms with E-state index in [1.165, 1.54) is 11.1 Å². The lowest BCUT2D eigenvalue weighted by molar-refractivity contribution is 0.878. The van der Waals surface area contributed by atoms with Gasteiger partial charge in [-0.15, -0.1) is 0 Å². The van der Waals surface area contributed by atoms with Crippen molar-refractivity contribution in [2.45, 2.75) is 19.9 Å². The highest BCUT2D eigenvalue weighted by atomic mass is 79.9. The van der Waals surface area contributed by atoms with E-state index in [-0.39, 0.29) is 6.04 Å². The van der Waals surface area contributed by atoms with E-state index in [0.29, 0.717) is 0 Å². The van der Waals surface area contributed by atoms with Gasteiger partial charge in [-0.2, -0.15) is 0 Å². The number of anilines is 1. The minimum atomic E-state index is 0.276. The predicted octanol–water partition coefficient (Wildman–Crippen LogP) is 4.33. The van der Waals surface area contributed by atoms with Crippen molar-refractivity contribution in [2.24, 2.45) is 0 Å². The van der Waals surface area contributed by atoms with Crippen LogP contribution < -0.4 is 5.32 Å². The van der Waals surface area contributed by atoms with Crippen LogP contribution in [0.4, 0.5) is 5.69 Å². The lowest BCUT2D eigenvalue weighted by atomic mass is 10.1. The van der Waals surface area contributed by atoms with Gasteiger partial charge >= 0.3 is 0 Å². The van der Waals surface area contributed by atoms with Gasteiger partial charge < -0.3 is 5.32 Å². The zero-order valence-corrected chi connectivity index (χ0v) is 11.5. The quantitative estimate of drug-likeness (QED) is 0.910. The molecule has 0 spiro atoms. The van der Waals surface area contributed by atoms with Crippen LogP contribution in [0.5, 0.6) is 0 Å². The van der Waals surface area contributed by atoms with Crippen LogP contribution in [0.15, 0.2) is 47.2 Å². The molecule has 0 bridgehead atoms. The number of aryl methyl sites for hydroxylation is 1. The molecular weight excluding hydrogens is 276 g/mol. The average molecular weight is 291 g/mol. The molecule has 3 heteroatoms. The molecule has 1 N–H and O–H groups in total. The zero-order chi connectivity index (χ0) is 12.3. The summed E-state index contributed by atoms with van der Waals surface area (Å²) < 4.78 is 1.11. The van der Waals surface area contributed by atoms with Crippen molar-refractivity contribution >= 4 is 21.6 Å². The van der Waals surface area contributed by atoms with Gasteiger partial charge in [0, 0.05) is 28.6 Å². The summed E-state index contributed by atoms with van der Waals surface area (Å²) in [5.41, 5.74) is 3.64. The van der Waals surface area contributed by atoms with Gasteiger partial charge in [-0.3, -0.25) is 4.98 Å². The molecule has 0 saturated heterocycles. The van der Waals surface area contributed by atoms with Gasteiger partial charge in [0.25, 0.3) is 0 Å². The maximum absolute atomic E-state index is 4.03. The molecule has 0 aliphatic carbocycles. The molecule has 0 saturated carbocycles. The Morgan fingerprint density at radius 2 is 1.88 bits per heavy atom. The minimum absolute atomic E-state index is 0.276. The van der Waals surface area contributed by atoms with Gasteiger partial charge in [0.2, 0.25) is 0 Å². The van der Waals surface area contributed by atoms with Crippen molar-refractivity contribution in [3.63, 3.8) is 0 Å². The van der Waals surface area contributed by atoms with Gasteiger partial charge in [-0.1, -0.05) is 15.9 Å². The Bertz CT molecular complexity index is 497. The van der Waals surface area contributed by atoms with E-state index in [0.717, 1.165) is 10.2 Å². The van der Waals surface area contributed by atoms with Gasteiger partial charge in [0.15, 0.2) is 0 Å². The number of hydrogen-bond acceptors (Lipinski definition) is 2. The predicted molar refractivity (Wildman–Crippen MR) is 75.2 cm³/mol. The number of nitrogens with zero attached hydrogens (tertiary/aromatic N) is 1. The van der Waals surface area contributed by atoms with Gasteiger partial charge in [0.05, 0.1) is 0 Å². The van der Waals surface area contributed by atoms with E-state index in [9.17, 15) is 0 Å². The Morgan fingerprint density at radius 1 is 1.18 bits per heavy atom. The molecule has 88 valence electrons. The van der Waals surface area contributed by atoms with Crippen molar-refractivity contribution in [1.29, 1.82) is 0 Å². The molecule has 2 nitrogen and oxygen atoms in total. The number of halogens is 1. The first-order chi connectivity index (χ1) is 8.16. The summed E-state index contributed by atoms with van der Waals surface area (Å²) in [5, 5.41) is 3.51. The van der Waals surface area contributed by atoms with Crippen LogP contribution in [0, 0.1) is 6.92 Å². The first-order valence-corrected chi connectivity index (χ1v) is 6.39. The monoisotopic (exact) mass is 290 g/mol. The van der Waals surface area contributed by atoms with Crippen LogP contribution in [0.2, 0.25) is 0 Å². The summed E-state index contributed by atoms with van der Waals surface area (Å²) in [6, 6.07) is 10.6. The SMILES string of the molecule is Cc1cc(Br)ccc1NC(C)c1ccncc1. The van der Waals surface area contributed by atoms with Crippen LogP contribution in [0.25, 0.3) is 0 Å². The third-order valence-electron chi connectivity index (χ3n) is 2.77. The highest BCUT2D eigenvalue weighted by Crippen LogP contribution is 2.24. The third-order valence-corrected chi connectivity index (χ3v) is 3.26. The fourth-order valence-corrected chi connectivity index (χ4v) is 2.23. The molecule has 0 aliphatic heterocycles. The first kappa shape index (κ1) is 12.1. The van der Waals surface area contributed by atoms with Crippen LogP contribution in [-0.4, -0.2) is 4.98 Å². The lowest BCUT2D eigenvalue weighted by Crippen LogP contribution is -2.07. The smallest absolute Gasteiger partial charge is 0.0486 e. The highest BCUT2D eigenvalue weighted by molar-refractivity contribution is 9.10. The molecule has 0 aliphatic rings. The third kappa shape index (κ3) is 3.07. The van der Waals surface area contributed by atoms with Crippen LogP contribution in [0.1, 0.15) is 24.1 Å². The van der Waals surface area contributed by atoms with Crippen LogP contribution >= 0.6 is 15.9 Å². The maximum atomic E-state index is 4.03. The topological polar surface area (TPSA) is 24.9 Å². The van der Waals surface area contributed by atoms with E-state index < -0.39 is 0 Å². The number of nitrogens with one attached hydrogen (secondary N) is 1. The summed E-state index contributed by atoms with van der Waals surface area (Å²) in [4.78, 5) is 4.03. The summed E-state index contributed by atoms with van der Waals surface area (Å²) in [6.45, 7) is 4.25. The lowest BCUT2D eigenvalue weighted by Gasteiger charge is -2.17. The van der Waals surface area contributed by atoms with Crippen molar-refractivity contribution < 1.29 is 0 Å². The molecule has 1 aromatic carbocycles. The summed E-state index contributed by atoms with van der Waals surface area (Å²) in [7, 11) is 0. The summed E-state index contributed by atoms with van der Waals surface area (Å²) in [6.07, 6.45) is 3.64. The second-order valence-corrected chi connectivity index (χ2v) is 5.02. The number of rotatable bonds is 3. The molecule has 1 unspecified atom stereocenters. The van der Waals surface area contributed by atoms with Crippen molar-refractivity contribution in [1.82, 2.24) is 4.98 Å². The Hall–Kier alpha value is -1.35. The van der Waals surface area contributed by atoms with E-state index in [4.69, 9.17) is 0 Å². The van der Waals surface area contributed by atoms with Gasteiger partial charge in [-0.05, 0) is 55.3 Å². The largest absolute Gasteiger partial charge is 0.378 e. The van der Waals surface area contributed by atoms with E-state index in [2.05, 4.69) is 58.3 Å². The molecule has 17 heavy (non-hydrogen) atoms. The minimum Gasteiger partial charge on any atom is -0.378 e. The van der Waals surface area contributed by atoms with Crippen LogP contribution in [-0.2, 0) is 0 Å². The second-order valence-electron chi connectivity index (χ2n) is 4.11. The molecule has 0 radical (unpaired) electrons. The Balaban J connectivity index is 2.16.